The van der Waals surface area contributed by atoms with E-state index in [1.54, 1.807) is 6.92 Å². The molecule has 0 fully saturated rings. The zero-order chi connectivity index (χ0) is 19.0. The molecule has 0 saturated heterocycles. The smallest absolute Gasteiger partial charge is 0.261 e. The van der Waals surface area contributed by atoms with Crippen LogP contribution in [0.3, 0.4) is 0 Å². The summed E-state index contributed by atoms with van der Waals surface area (Å²) in [5.74, 6) is -0.349. The Morgan fingerprint density at radius 1 is 1.20 bits per heavy atom. The largest absolute Gasteiger partial charge is 0.368 e. The van der Waals surface area contributed by atoms with Crippen LogP contribution in [0.5, 0.6) is 0 Å². The van der Waals surface area contributed by atoms with Gasteiger partial charge < -0.3 is 11.1 Å². The number of hydrogen-bond donors (Lipinski definition) is 3. The molecule has 1 atom stereocenters. The Bertz CT molecular complexity index is 800. The summed E-state index contributed by atoms with van der Waals surface area (Å²) in [6.45, 7) is 2.35. The first-order chi connectivity index (χ1) is 11.6. The van der Waals surface area contributed by atoms with E-state index in [0.717, 1.165) is 21.7 Å². The summed E-state index contributed by atoms with van der Waals surface area (Å²) < 4.78 is 25.9. The van der Waals surface area contributed by atoms with Crippen LogP contribution in [0.25, 0.3) is 11.1 Å². The molecule has 0 aliphatic carbocycles. The molecule has 0 saturated carbocycles. The van der Waals surface area contributed by atoms with Gasteiger partial charge in [0, 0.05) is 17.1 Å². The van der Waals surface area contributed by atoms with E-state index >= 15 is 0 Å². The minimum absolute atomic E-state index is 0.335. The predicted molar refractivity (Wildman–Crippen MR) is 99.9 cm³/mol. The van der Waals surface area contributed by atoms with Crippen molar-refractivity contribution in [2.45, 2.75) is 19.5 Å². The molecule has 2 aromatic carbocycles. The van der Waals surface area contributed by atoms with Gasteiger partial charge in [-0.3, -0.25) is 9.35 Å². The minimum Gasteiger partial charge on any atom is -0.368 e. The number of benzene rings is 2. The zero-order valence-electron chi connectivity index (χ0n) is 13.9. The first-order valence-electron chi connectivity index (χ1n) is 7.37. The van der Waals surface area contributed by atoms with E-state index in [2.05, 4.69) is 5.32 Å². The second-order valence-corrected chi connectivity index (χ2v) is 7.29. The lowest BCUT2D eigenvalue weighted by molar-refractivity contribution is -0.119. The molecular weight excluding hydrogens is 364 g/mol. The highest BCUT2D eigenvalue weighted by Crippen LogP contribution is 2.27. The molecule has 0 bridgehead atoms. The zero-order valence-corrected chi connectivity index (χ0v) is 15.5. The fraction of sp³-hybridized carbons (Fsp3) is 0.235. The van der Waals surface area contributed by atoms with Crippen LogP contribution in [0.15, 0.2) is 48.5 Å². The summed E-state index contributed by atoms with van der Waals surface area (Å²) in [5, 5.41) is 3.81. The number of carbonyl (C=O) groups is 1. The molecule has 136 valence electrons. The van der Waals surface area contributed by atoms with Gasteiger partial charge in [-0.05, 0) is 24.1 Å². The van der Waals surface area contributed by atoms with Crippen molar-refractivity contribution in [3.8, 4) is 11.1 Å². The van der Waals surface area contributed by atoms with E-state index in [1.165, 1.54) is 0 Å². The predicted octanol–water partition coefficient (Wildman–Crippen LogP) is 2.47. The second kappa shape index (κ2) is 9.53. The number of carbonyl (C=O) groups excluding carboxylic acids is 1. The topological polar surface area (TPSA) is 109 Å². The average Bonchev–Trinajstić information content (AvgIpc) is 2.52. The Labute approximate surface area is 152 Å². The van der Waals surface area contributed by atoms with E-state index in [4.69, 9.17) is 21.9 Å². The highest BCUT2D eigenvalue weighted by molar-refractivity contribution is 7.85. The number of halogens is 1. The molecule has 1 amide bonds. The van der Waals surface area contributed by atoms with Crippen molar-refractivity contribution in [1.82, 2.24) is 5.32 Å². The van der Waals surface area contributed by atoms with Crippen LogP contribution in [-0.2, 0) is 21.5 Å². The lowest BCUT2D eigenvalue weighted by atomic mass is 10.0. The fourth-order valence-corrected chi connectivity index (χ4v) is 2.11. The third-order valence-electron chi connectivity index (χ3n) is 3.18. The van der Waals surface area contributed by atoms with Crippen molar-refractivity contribution in [2.24, 2.45) is 5.73 Å². The molecule has 6 nitrogen and oxygen atoms in total. The molecule has 1 unspecified atom stereocenters. The number of primary amides is 1. The Kier molecular flexibility index (Phi) is 8.05. The van der Waals surface area contributed by atoms with Crippen molar-refractivity contribution < 1.29 is 17.8 Å². The summed E-state index contributed by atoms with van der Waals surface area (Å²) in [5.41, 5.74) is 8.38. The van der Waals surface area contributed by atoms with Gasteiger partial charge in [0.1, 0.15) is 0 Å². The lowest BCUT2D eigenvalue weighted by Crippen LogP contribution is -2.38. The Morgan fingerprint density at radius 2 is 1.72 bits per heavy atom. The first-order valence-corrected chi connectivity index (χ1v) is 9.59. The summed E-state index contributed by atoms with van der Waals surface area (Å²) >= 11 is 6.17. The molecular formula is C17H21ClN2O4S. The molecule has 0 spiro atoms. The number of hydrogen-bond acceptors (Lipinski definition) is 4. The normalized spacial score (nSPS) is 12.0. The van der Waals surface area contributed by atoms with E-state index in [-0.39, 0.29) is 11.9 Å². The molecule has 4 N–H and O–H groups in total. The summed E-state index contributed by atoms with van der Waals surface area (Å²) in [4.78, 5) is 10.9. The second-order valence-electron chi connectivity index (χ2n) is 5.41. The minimum atomic E-state index is -3.67. The van der Waals surface area contributed by atoms with Crippen LogP contribution in [0.4, 0.5) is 0 Å². The molecule has 0 aliphatic rings. The van der Waals surface area contributed by atoms with Crippen LogP contribution >= 0.6 is 11.6 Å². The highest BCUT2D eigenvalue weighted by Gasteiger charge is 2.07. The van der Waals surface area contributed by atoms with Gasteiger partial charge in [-0.1, -0.05) is 54.1 Å². The molecule has 0 aromatic heterocycles. The van der Waals surface area contributed by atoms with Gasteiger partial charge >= 0.3 is 0 Å². The third-order valence-corrected chi connectivity index (χ3v) is 3.51. The fourth-order valence-electron chi connectivity index (χ4n) is 1.87. The van der Waals surface area contributed by atoms with Crippen molar-refractivity contribution in [2.75, 3.05) is 6.26 Å². The van der Waals surface area contributed by atoms with Gasteiger partial charge in [0.15, 0.2) is 0 Å². The van der Waals surface area contributed by atoms with Crippen molar-refractivity contribution in [1.29, 1.82) is 0 Å². The molecule has 2 rings (SSSR count). The Balaban J connectivity index is 0.000000550. The maximum atomic E-state index is 10.9. The van der Waals surface area contributed by atoms with Crippen LogP contribution in [0.2, 0.25) is 5.02 Å². The summed E-state index contributed by atoms with van der Waals surface area (Å²) in [6, 6.07) is 15.5. The SMILES string of the molecule is CC(NCc1ccc(-c2ccccc2Cl)cc1)C(N)=O.CS(=O)(=O)O. The molecule has 2 aromatic rings. The maximum absolute atomic E-state index is 10.9. The van der Waals surface area contributed by atoms with Crippen LogP contribution < -0.4 is 11.1 Å². The van der Waals surface area contributed by atoms with Crippen molar-refractivity contribution in [3.05, 3.63) is 59.1 Å². The first kappa shape index (κ1) is 21.1. The lowest BCUT2D eigenvalue weighted by Gasteiger charge is -2.10. The Morgan fingerprint density at radius 3 is 2.20 bits per heavy atom. The third kappa shape index (κ3) is 8.64. The van der Waals surface area contributed by atoms with Crippen molar-refractivity contribution >= 4 is 27.6 Å². The van der Waals surface area contributed by atoms with Gasteiger partial charge in [-0.15, -0.1) is 0 Å². The van der Waals surface area contributed by atoms with Gasteiger partial charge in [-0.2, -0.15) is 8.42 Å². The standard InChI is InChI=1S/C16H17ClN2O.CH4O3S/c1-11(16(18)20)19-10-12-6-8-13(9-7-12)14-4-2-3-5-15(14)17;1-5(2,3)4/h2-9,11,19H,10H2,1H3,(H2,18,20);1H3,(H,2,3,4). The number of rotatable bonds is 5. The molecule has 0 heterocycles. The van der Waals surface area contributed by atoms with E-state index < -0.39 is 10.1 Å². The van der Waals surface area contributed by atoms with Crippen LogP contribution in [-0.4, -0.2) is 31.2 Å². The van der Waals surface area contributed by atoms with E-state index in [1.807, 2.05) is 48.5 Å². The average molecular weight is 385 g/mol. The monoisotopic (exact) mass is 384 g/mol. The molecule has 8 heteroatoms. The van der Waals surface area contributed by atoms with Crippen LogP contribution in [0, 0.1) is 0 Å². The quantitative estimate of drug-likeness (QED) is 0.686. The van der Waals surface area contributed by atoms with Gasteiger partial charge in [-0.25, -0.2) is 0 Å². The highest BCUT2D eigenvalue weighted by atomic mass is 35.5. The number of nitrogens with two attached hydrogens (primary N) is 1. The Hall–Kier alpha value is -1.93. The van der Waals surface area contributed by atoms with E-state index in [0.29, 0.717) is 12.8 Å². The van der Waals surface area contributed by atoms with Crippen LogP contribution in [0.1, 0.15) is 12.5 Å². The molecule has 0 radical (unpaired) electrons. The number of nitrogens with one attached hydrogen (secondary N) is 1. The number of amides is 1. The van der Waals surface area contributed by atoms with Gasteiger partial charge in [0.2, 0.25) is 5.91 Å². The summed E-state index contributed by atoms with van der Waals surface area (Å²) in [6.07, 6.45) is 0.715. The maximum Gasteiger partial charge on any atom is 0.261 e. The van der Waals surface area contributed by atoms with E-state index in [9.17, 15) is 13.2 Å². The van der Waals surface area contributed by atoms with Gasteiger partial charge in [0.05, 0.1) is 12.3 Å². The van der Waals surface area contributed by atoms with Gasteiger partial charge in [0.25, 0.3) is 10.1 Å². The molecule has 25 heavy (non-hydrogen) atoms. The van der Waals surface area contributed by atoms with Crippen molar-refractivity contribution in [3.63, 3.8) is 0 Å². The molecule has 0 aliphatic heterocycles. The summed E-state index contributed by atoms with van der Waals surface area (Å²) in [7, 11) is -3.67.